The number of halogens is 1. The summed E-state index contributed by atoms with van der Waals surface area (Å²) >= 11 is 0. The van der Waals surface area contributed by atoms with Crippen LogP contribution in [0.25, 0.3) is 22.0 Å². The minimum Gasteiger partial charge on any atom is -0.364 e. The smallest absolute Gasteiger partial charge is 0.269 e. The van der Waals surface area contributed by atoms with Crippen molar-refractivity contribution in [2.75, 3.05) is 33.0 Å². The van der Waals surface area contributed by atoms with Gasteiger partial charge in [-0.1, -0.05) is 6.07 Å². The molecule has 3 aliphatic rings. The van der Waals surface area contributed by atoms with Gasteiger partial charge in [0.25, 0.3) is 5.91 Å². The number of carbonyl (C=O) groups excluding carboxylic acids is 2. The maximum Gasteiger partial charge on any atom is 0.269 e. The molecule has 4 atom stereocenters. The summed E-state index contributed by atoms with van der Waals surface area (Å²) in [6.07, 6.45) is 3.47. The lowest BCUT2D eigenvalue weighted by Gasteiger charge is -2.25. The molecular formula is C25H29FN8O3. The lowest BCUT2D eigenvalue weighted by molar-refractivity contribution is -0.134. The van der Waals surface area contributed by atoms with Crippen molar-refractivity contribution in [3.8, 4) is 11.1 Å². The van der Waals surface area contributed by atoms with Gasteiger partial charge in [-0.05, 0) is 42.6 Å². The summed E-state index contributed by atoms with van der Waals surface area (Å²) in [4.78, 5) is 26.9. The average Bonchev–Trinajstić information content (AvgIpc) is 3.19. The number of rotatable bonds is 9. The third-order valence-electron chi connectivity index (χ3n) is 7.77. The second-order valence-electron chi connectivity index (χ2n) is 10.1. The number of amides is 2. The van der Waals surface area contributed by atoms with Gasteiger partial charge in [0, 0.05) is 29.5 Å². The highest BCUT2D eigenvalue weighted by molar-refractivity contribution is 6.05. The fourth-order valence-corrected chi connectivity index (χ4v) is 5.67. The number of piperidine rings is 1. The Bertz CT molecular complexity index is 1330. The third-order valence-corrected chi connectivity index (χ3v) is 7.77. The normalized spacial score (nSPS) is 26.5. The van der Waals surface area contributed by atoms with Gasteiger partial charge in [-0.15, -0.1) is 0 Å². The van der Waals surface area contributed by atoms with E-state index in [1.165, 1.54) is 9.58 Å². The SMILES string of the molecule is NC(=O)c1nn(CC(=O)N2CC(F)CC2COCNC23CNCC2C3)c2ccc(-c3ccnnc3)cc12. The molecule has 1 aliphatic carbocycles. The first kappa shape index (κ1) is 23.9. The third kappa shape index (κ3) is 4.56. The molecule has 4 N–H and O–H groups in total. The summed E-state index contributed by atoms with van der Waals surface area (Å²) in [5.41, 5.74) is 8.02. The van der Waals surface area contributed by atoms with Crippen molar-refractivity contribution < 1.29 is 18.7 Å². The molecule has 4 unspecified atom stereocenters. The Morgan fingerprint density at radius 2 is 2.16 bits per heavy atom. The highest BCUT2D eigenvalue weighted by Gasteiger charge is 2.56. The molecular weight excluding hydrogens is 479 g/mol. The fourth-order valence-electron chi connectivity index (χ4n) is 5.67. The van der Waals surface area contributed by atoms with Crippen LogP contribution < -0.4 is 16.4 Å². The molecule has 194 valence electrons. The molecule has 6 rings (SSSR count). The van der Waals surface area contributed by atoms with Crippen molar-refractivity contribution in [2.24, 2.45) is 11.7 Å². The zero-order valence-electron chi connectivity index (χ0n) is 20.3. The monoisotopic (exact) mass is 508 g/mol. The lowest BCUT2D eigenvalue weighted by atomic mass is 10.0. The van der Waals surface area contributed by atoms with E-state index in [2.05, 4.69) is 25.9 Å². The van der Waals surface area contributed by atoms with Crippen LogP contribution in [0.3, 0.4) is 0 Å². The van der Waals surface area contributed by atoms with Gasteiger partial charge in [-0.3, -0.25) is 19.6 Å². The number of hydrogen-bond donors (Lipinski definition) is 3. The van der Waals surface area contributed by atoms with Gasteiger partial charge in [0.15, 0.2) is 5.69 Å². The van der Waals surface area contributed by atoms with E-state index < -0.39 is 12.1 Å². The van der Waals surface area contributed by atoms with Crippen LogP contribution in [0.15, 0.2) is 36.7 Å². The summed E-state index contributed by atoms with van der Waals surface area (Å²) in [5, 5.41) is 19.4. The number of fused-ring (bicyclic) bond motifs is 2. The van der Waals surface area contributed by atoms with E-state index in [4.69, 9.17) is 10.5 Å². The highest BCUT2D eigenvalue weighted by atomic mass is 19.1. The number of nitrogens with one attached hydrogen (secondary N) is 2. The molecule has 3 aromatic rings. The van der Waals surface area contributed by atoms with Crippen LogP contribution in [-0.4, -0.2) is 87.4 Å². The number of likely N-dealkylation sites (tertiary alicyclic amines) is 1. The largest absolute Gasteiger partial charge is 0.364 e. The Balaban J connectivity index is 1.15. The van der Waals surface area contributed by atoms with Gasteiger partial charge >= 0.3 is 0 Å². The zero-order valence-corrected chi connectivity index (χ0v) is 20.3. The second kappa shape index (κ2) is 9.43. The number of hydrogen-bond acceptors (Lipinski definition) is 8. The molecule has 2 amide bonds. The van der Waals surface area contributed by atoms with Crippen LogP contribution in [0.5, 0.6) is 0 Å². The van der Waals surface area contributed by atoms with Gasteiger partial charge < -0.3 is 20.7 Å². The number of nitrogens with two attached hydrogens (primary N) is 1. The predicted molar refractivity (Wildman–Crippen MR) is 132 cm³/mol. The molecule has 0 spiro atoms. The predicted octanol–water partition coefficient (Wildman–Crippen LogP) is 0.457. The topological polar surface area (TPSA) is 140 Å². The number of primary amides is 1. The molecule has 37 heavy (non-hydrogen) atoms. The van der Waals surface area contributed by atoms with Gasteiger partial charge in [0.2, 0.25) is 5.91 Å². The summed E-state index contributed by atoms with van der Waals surface area (Å²) in [5.74, 6) is -0.326. The summed E-state index contributed by atoms with van der Waals surface area (Å²) < 4.78 is 21.6. The first-order chi connectivity index (χ1) is 17.9. The van der Waals surface area contributed by atoms with Crippen LogP contribution in [0, 0.1) is 5.92 Å². The molecule has 4 heterocycles. The van der Waals surface area contributed by atoms with Crippen molar-refractivity contribution >= 4 is 22.7 Å². The van der Waals surface area contributed by atoms with E-state index in [1.54, 1.807) is 30.6 Å². The van der Waals surface area contributed by atoms with Gasteiger partial charge in [-0.25, -0.2) is 4.39 Å². The number of benzene rings is 1. The van der Waals surface area contributed by atoms with Crippen molar-refractivity contribution in [3.05, 3.63) is 42.4 Å². The first-order valence-electron chi connectivity index (χ1n) is 12.5. The maximum absolute atomic E-state index is 14.3. The standard InChI is InChI=1S/C25H29FN8O3/c26-18-6-19(12-37-14-29-25-7-17(25)9-28-13-25)33(10-18)22(35)11-34-21-2-1-15(16-3-4-30-31-8-16)5-20(21)23(32-34)24(27)36/h1-5,8,17-19,28-29H,6-7,9-14H2,(H2,27,36). The van der Waals surface area contributed by atoms with Crippen molar-refractivity contribution in [2.45, 2.75) is 37.1 Å². The van der Waals surface area contributed by atoms with Crippen LogP contribution in [-0.2, 0) is 16.1 Å². The van der Waals surface area contributed by atoms with Crippen LogP contribution >= 0.6 is 0 Å². The van der Waals surface area contributed by atoms with E-state index in [0.717, 1.165) is 30.6 Å². The molecule has 2 aliphatic heterocycles. The maximum atomic E-state index is 14.3. The lowest BCUT2D eigenvalue weighted by Crippen LogP contribution is -2.42. The number of aromatic nitrogens is 4. The fraction of sp³-hybridized carbons (Fsp3) is 0.480. The van der Waals surface area contributed by atoms with Gasteiger partial charge in [0.05, 0.1) is 43.8 Å². The van der Waals surface area contributed by atoms with Gasteiger partial charge in [0.1, 0.15) is 12.7 Å². The molecule has 0 bridgehead atoms. The quantitative estimate of drug-likeness (QED) is 0.280. The molecule has 2 aromatic heterocycles. The minimum atomic E-state index is -1.11. The Hall–Kier alpha value is -3.48. The van der Waals surface area contributed by atoms with Crippen LogP contribution in [0.2, 0.25) is 0 Å². The van der Waals surface area contributed by atoms with E-state index in [1.807, 2.05) is 6.07 Å². The van der Waals surface area contributed by atoms with E-state index in [9.17, 15) is 14.0 Å². The minimum absolute atomic E-state index is 0.0112. The molecule has 0 radical (unpaired) electrons. The first-order valence-corrected chi connectivity index (χ1v) is 12.5. The molecule has 11 nitrogen and oxygen atoms in total. The summed E-state index contributed by atoms with van der Waals surface area (Å²) in [6.45, 7) is 2.46. The number of ether oxygens (including phenoxy) is 1. The Morgan fingerprint density at radius 3 is 2.89 bits per heavy atom. The van der Waals surface area contributed by atoms with E-state index in [0.29, 0.717) is 23.6 Å². The molecule has 12 heteroatoms. The Labute approximate surface area is 212 Å². The highest BCUT2D eigenvalue weighted by Crippen LogP contribution is 2.45. The molecule has 2 saturated heterocycles. The average molecular weight is 509 g/mol. The van der Waals surface area contributed by atoms with Gasteiger partial charge in [-0.2, -0.15) is 15.3 Å². The van der Waals surface area contributed by atoms with Crippen LogP contribution in [0.4, 0.5) is 4.39 Å². The van der Waals surface area contributed by atoms with E-state index >= 15 is 0 Å². The molecule has 3 fully saturated rings. The zero-order chi connectivity index (χ0) is 25.6. The Morgan fingerprint density at radius 1 is 1.27 bits per heavy atom. The van der Waals surface area contributed by atoms with Crippen molar-refractivity contribution in [3.63, 3.8) is 0 Å². The number of nitrogens with zero attached hydrogens (tertiary/aromatic N) is 5. The molecule has 1 aromatic carbocycles. The summed E-state index contributed by atoms with van der Waals surface area (Å²) in [6, 6.07) is 6.88. The molecule has 1 saturated carbocycles. The van der Waals surface area contributed by atoms with Crippen molar-refractivity contribution in [1.82, 2.24) is 35.5 Å². The number of carbonyl (C=O) groups is 2. The second-order valence-corrected chi connectivity index (χ2v) is 10.1. The van der Waals surface area contributed by atoms with Crippen LogP contribution in [0.1, 0.15) is 23.3 Å². The number of alkyl halides is 1. The Kier molecular flexibility index (Phi) is 6.09. The summed E-state index contributed by atoms with van der Waals surface area (Å²) in [7, 11) is 0. The van der Waals surface area contributed by atoms with E-state index in [-0.39, 0.29) is 49.3 Å². The van der Waals surface area contributed by atoms with Crippen molar-refractivity contribution in [1.29, 1.82) is 0 Å².